The number of nitrogens with one attached hydrogen (secondary N) is 1. The van der Waals surface area contributed by atoms with E-state index in [1.165, 1.54) is 6.42 Å². The maximum Gasteiger partial charge on any atom is 0.417 e. The molecule has 0 spiro atoms. The Kier molecular flexibility index (Phi) is 7.52. The van der Waals surface area contributed by atoms with Crippen LogP contribution in [0.2, 0.25) is 0 Å². The summed E-state index contributed by atoms with van der Waals surface area (Å²) in [7, 11) is 0. The number of rotatable bonds is 8. The minimum atomic E-state index is -0.0965. The Morgan fingerprint density at radius 2 is 1.97 bits per heavy atom. The average Bonchev–Trinajstić information content (AvgIpc) is 3.17. The van der Waals surface area contributed by atoms with E-state index in [0.29, 0.717) is 24.8 Å². The predicted molar refractivity (Wildman–Crippen MR) is 139 cm³/mol. The highest BCUT2D eigenvalue weighted by Gasteiger charge is 2.28. The van der Waals surface area contributed by atoms with Crippen LogP contribution in [0.3, 0.4) is 0 Å². The molecule has 0 unspecified atom stereocenters. The fraction of sp³-hybridized carbons (Fsp3) is 0.429. The first-order valence-corrected chi connectivity index (χ1v) is 12.9. The zero-order chi connectivity index (χ0) is 24.9. The van der Waals surface area contributed by atoms with Crippen molar-refractivity contribution in [3.63, 3.8) is 0 Å². The first-order chi connectivity index (χ1) is 17.7. The number of urea groups is 1. The fourth-order valence-corrected chi connectivity index (χ4v) is 5.08. The molecule has 2 aromatic carbocycles. The quantitative estimate of drug-likeness (QED) is 0.504. The van der Waals surface area contributed by atoms with Gasteiger partial charge >= 0.3 is 6.03 Å². The number of ether oxygens (including phenoxy) is 2. The number of hydrogen-bond acceptors (Lipinski definition) is 5. The summed E-state index contributed by atoms with van der Waals surface area (Å²) in [5.74, 6) is 0.821. The predicted octanol–water partition coefficient (Wildman–Crippen LogP) is 3.73. The maximum atomic E-state index is 12.4. The van der Waals surface area contributed by atoms with Gasteiger partial charge in [-0.05, 0) is 56.0 Å². The third-order valence-electron chi connectivity index (χ3n) is 7.14. The van der Waals surface area contributed by atoms with E-state index >= 15 is 0 Å². The van der Waals surface area contributed by atoms with Crippen LogP contribution in [0.25, 0.3) is 22.2 Å². The van der Waals surface area contributed by atoms with E-state index in [4.69, 9.17) is 9.47 Å². The fourth-order valence-electron chi connectivity index (χ4n) is 5.08. The molecule has 8 heteroatoms. The topological polar surface area (TPSA) is 96.1 Å². The van der Waals surface area contributed by atoms with Crippen molar-refractivity contribution in [1.82, 2.24) is 9.47 Å². The molecule has 0 radical (unpaired) electrons. The van der Waals surface area contributed by atoms with Gasteiger partial charge in [-0.2, -0.15) is 5.26 Å². The molecule has 0 atom stereocenters. The first kappa shape index (κ1) is 24.3. The summed E-state index contributed by atoms with van der Waals surface area (Å²) in [5.41, 5.74) is 4.40. The van der Waals surface area contributed by atoms with Gasteiger partial charge in [0.2, 0.25) is 0 Å². The molecule has 3 N–H and O–H groups in total. The highest BCUT2D eigenvalue weighted by molar-refractivity contribution is 5.95. The van der Waals surface area contributed by atoms with Crippen LogP contribution in [0.5, 0.6) is 5.75 Å². The molecule has 2 aliphatic rings. The Hall–Kier alpha value is -3.38. The number of nitrogens with two attached hydrogens (primary N) is 1. The summed E-state index contributed by atoms with van der Waals surface area (Å²) < 4.78 is 13.5. The van der Waals surface area contributed by atoms with Gasteiger partial charge < -0.3 is 14.0 Å². The lowest BCUT2D eigenvalue weighted by Crippen LogP contribution is -2.90. The highest BCUT2D eigenvalue weighted by Crippen LogP contribution is 2.43. The van der Waals surface area contributed by atoms with Gasteiger partial charge in [0.25, 0.3) is 0 Å². The number of amides is 2. The Labute approximate surface area is 211 Å². The van der Waals surface area contributed by atoms with Gasteiger partial charge in [0.15, 0.2) is 0 Å². The number of primary amides is 1. The van der Waals surface area contributed by atoms with E-state index in [1.807, 2.05) is 43.3 Å². The molecule has 188 valence electrons. The van der Waals surface area contributed by atoms with E-state index in [1.54, 1.807) is 5.32 Å². The Morgan fingerprint density at radius 1 is 1.19 bits per heavy atom. The van der Waals surface area contributed by atoms with E-state index in [0.717, 1.165) is 79.3 Å². The van der Waals surface area contributed by atoms with Crippen LogP contribution in [0.15, 0.2) is 42.5 Å². The summed E-state index contributed by atoms with van der Waals surface area (Å²) in [4.78, 5) is 14.7. The molecule has 0 bridgehead atoms. The molecule has 3 aromatic rings. The van der Waals surface area contributed by atoms with Gasteiger partial charge in [-0.15, -0.1) is 0 Å². The Bertz CT molecular complexity index is 1250. The van der Waals surface area contributed by atoms with Gasteiger partial charge in [0.1, 0.15) is 11.8 Å². The molecule has 1 aromatic heterocycles. The van der Waals surface area contributed by atoms with Crippen molar-refractivity contribution < 1.29 is 19.6 Å². The van der Waals surface area contributed by atoms with E-state index < -0.39 is 0 Å². The zero-order valence-electron chi connectivity index (χ0n) is 20.8. The molecule has 8 nitrogen and oxygen atoms in total. The van der Waals surface area contributed by atoms with Gasteiger partial charge in [-0.3, -0.25) is 15.5 Å². The lowest BCUT2D eigenvalue weighted by Gasteiger charge is -2.30. The van der Waals surface area contributed by atoms with Crippen LogP contribution in [0.4, 0.5) is 10.5 Å². The van der Waals surface area contributed by atoms with E-state index in [2.05, 4.69) is 26.9 Å². The first-order valence-electron chi connectivity index (χ1n) is 12.9. The van der Waals surface area contributed by atoms with Crippen LogP contribution in [0.1, 0.15) is 37.8 Å². The number of fused-ring (bicyclic) bond motifs is 1. The van der Waals surface area contributed by atoms with E-state index in [-0.39, 0.29) is 6.03 Å². The standard InChI is InChI=1S/C28H33N5O3/c1-2-36-23-10-11-24-25(19-29)27(33(26(24)18-23)22-4-3-5-22)20-6-8-21(9-7-20)31-28(34)30-12-13-32-14-16-35-17-15-32/h6-11,18,22H,2-5,12-17H2,1H3,(H2,30,31,34)/p+1. The van der Waals surface area contributed by atoms with Crippen molar-refractivity contribution in [2.45, 2.75) is 32.2 Å². The number of nitrogens with zero attached hydrogens (tertiary/aromatic N) is 3. The smallest absolute Gasteiger partial charge is 0.417 e. The number of benzene rings is 2. The number of carbonyl (C=O) groups is 1. The molecule has 2 amide bonds. The number of nitriles is 1. The normalized spacial score (nSPS) is 16.4. The van der Waals surface area contributed by atoms with Gasteiger partial charge in [-0.25, -0.2) is 4.79 Å². The van der Waals surface area contributed by atoms with Crippen molar-refractivity contribution in [2.24, 2.45) is 0 Å². The maximum absolute atomic E-state index is 12.4. The average molecular weight is 489 g/mol. The molecule has 1 aliphatic carbocycles. The van der Waals surface area contributed by atoms with Crippen LogP contribution >= 0.6 is 0 Å². The van der Waals surface area contributed by atoms with Crippen molar-refractivity contribution in [1.29, 1.82) is 5.26 Å². The van der Waals surface area contributed by atoms with Gasteiger partial charge in [0, 0.05) is 42.8 Å². The number of carbonyl (C=O) groups excluding carboxylic acids is 1. The summed E-state index contributed by atoms with van der Waals surface area (Å²) in [5, 5.41) is 15.8. The molecule has 2 heterocycles. The molecule has 1 saturated carbocycles. The second-order valence-electron chi connectivity index (χ2n) is 9.42. The van der Waals surface area contributed by atoms with Crippen LogP contribution in [-0.4, -0.2) is 61.5 Å². The van der Waals surface area contributed by atoms with Gasteiger partial charge in [0.05, 0.1) is 43.1 Å². The lowest BCUT2D eigenvalue weighted by atomic mass is 9.92. The molecular formula is C28H34N5O3+. The Morgan fingerprint density at radius 3 is 2.64 bits per heavy atom. The SMILES string of the molecule is CCOc1ccc2c(C#N)c(-c3ccc(NC(=O)[NH2+]CCN4CCOCC4)cc3)n(C3CCC3)c2c1. The molecule has 5 rings (SSSR count). The molecule has 1 aliphatic heterocycles. The monoisotopic (exact) mass is 488 g/mol. The minimum Gasteiger partial charge on any atom is -0.494 e. The third-order valence-corrected chi connectivity index (χ3v) is 7.14. The Balaban J connectivity index is 1.34. The van der Waals surface area contributed by atoms with Crippen molar-refractivity contribution in [3.8, 4) is 23.1 Å². The van der Waals surface area contributed by atoms with Crippen LogP contribution in [0, 0.1) is 11.3 Å². The summed E-state index contributed by atoms with van der Waals surface area (Å²) in [6.45, 7) is 7.52. The van der Waals surface area contributed by atoms with E-state index in [9.17, 15) is 10.1 Å². The summed E-state index contributed by atoms with van der Waals surface area (Å²) >= 11 is 0. The number of aromatic nitrogens is 1. The largest absolute Gasteiger partial charge is 0.494 e. The number of morpholine rings is 1. The number of quaternary nitrogens is 1. The molecular weight excluding hydrogens is 454 g/mol. The van der Waals surface area contributed by atoms with Crippen molar-refractivity contribution >= 4 is 22.6 Å². The second-order valence-corrected chi connectivity index (χ2v) is 9.42. The minimum absolute atomic E-state index is 0.0965. The molecule has 36 heavy (non-hydrogen) atoms. The van der Waals surface area contributed by atoms with Crippen LogP contribution < -0.4 is 15.4 Å². The number of anilines is 1. The van der Waals surface area contributed by atoms with Crippen LogP contribution in [-0.2, 0) is 4.74 Å². The zero-order valence-corrected chi connectivity index (χ0v) is 20.8. The van der Waals surface area contributed by atoms with Crippen molar-refractivity contribution in [2.75, 3.05) is 51.3 Å². The summed E-state index contributed by atoms with van der Waals surface area (Å²) in [6.07, 6.45) is 3.41. The lowest BCUT2D eigenvalue weighted by molar-refractivity contribution is -0.552. The highest BCUT2D eigenvalue weighted by atomic mass is 16.5. The number of hydrogen-bond donors (Lipinski definition) is 2. The molecule has 1 saturated heterocycles. The second kappa shape index (κ2) is 11.1. The molecule has 2 fully saturated rings. The van der Waals surface area contributed by atoms with Crippen molar-refractivity contribution in [3.05, 3.63) is 48.0 Å². The van der Waals surface area contributed by atoms with Gasteiger partial charge in [-0.1, -0.05) is 12.1 Å². The third kappa shape index (κ3) is 5.09. The summed E-state index contributed by atoms with van der Waals surface area (Å²) in [6, 6.07) is 16.6.